The predicted molar refractivity (Wildman–Crippen MR) is 102 cm³/mol. The van der Waals surface area contributed by atoms with E-state index in [-0.39, 0.29) is 5.91 Å². The average molecular weight is 353 g/mol. The van der Waals surface area contributed by atoms with Crippen molar-refractivity contribution in [3.05, 3.63) is 77.3 Å². The van der Waals surface area contributed by atoms with Gasteiger partial charge in [0.05, 0.1) is 23.5 Å². The van der Waals surface area contributed by atoms with Crippen molar-refractivity contribution < 1.29 is 9.53 Å². The molecule has 0 heterocycles. The van der Waals surface area contributed by atoms with E-state index < -0.39 is 0 Å². The van der Waals surface area contributed by atoms with E-state index in [1.54, 1.807) is 24.3 Å². The van der Waals surface area contributed by atoms with Gasteiger partial charge in [0.15, 0.2) is 0 Å². The summed E-state index contributed by atoms with van der Waals surface area (Å²) in [5.41, 5.74) is 9.33. The number of hydrogen-bond donors (Lipinski definition) is 2. The second-order valence-corrected chi connectivity index (χ2v) is 5.88. The number of amides is 1. The van der Waals surface area contributed by atoms with Crippen LogP contribution in [-0.2, 0) is 0 Å². The molecule has 0 atom stereocenters. The topological polar surface area (TPSA) is 64.3 Å². The summed E-state index contributed by atoms with van der Waals surface area (Å²) in [5, 5.41) is 3.14. The molecule has 0 aliphatic heterocycles. The van der Waals surface area contributed by atoms with Crippen LogP contribution in [0.15, 0.2) is 66.7 Å². The van der Waals surface area contributed by atoms with E-state index in [1.165, 1.54) is 7.11 Å². The lowest BCUT2D eigenvalue weighted by molar-refractivity contribution is 0.102. The van der Waals surface area contributed by atoms with Gasteiger partial charge in [0.2, 0.25) is 0 Å². The molecule has 0 unspecified atom stereocenters. The molecule has 0 aliphatic rings. The summed E-state index contributed by atoms with van der Waals surface area (Å²) >= 11 is 6.14. The van der Waals surface area contributed by atoms with Crippen LogP contribution in [0.4, 0.5) is 11.4 Å². The number of benzene rings is 3. The second-order valence-electron chi connectivity index (χ2n) is 5.47. The van der Waals surface area contributed by atoms with Crippen molar-refractivity contribution in [2.45, 2.75) is 0 Å². The molecule has 25 heavy (non-hydrogen) atoms. The average Bonchev–Trinajstić information content (AvgIpc) is 2.64. The van der Waals surface area contributed by atoms with Gasteiger partial charge in [-0.25, -0.2) is 0 Å². The minimum atomic E-state index is -0.256. The van der Waals surface area contributed by atoms with Gasteiger partial charge < -0.3 is 15.8 Å². The quantitative estimate of drug-likeness (QED) is 0.660. The molecule has 3 rings (SSSR count). The number of carbonyl (C=O) groups is 1. The monoisotopic (exact) mass is 352 g/mol. The van der Waals surface area contributed by atoms with Gasteiger partial charge in [-0.1, -0.05) is 54.1 Å². The molecule has 0 bridgehead atoms. The molecular weight excluding hydrogens is 336 g/mol. The van der Waals surface area contributed by atoms with Gasteiger partial charge in [0.25, 0.3) is 5.91 Å². The number of methoxy groups -OCH3 is 1. The standard InChI is InChI=1S/C20H17ClN2O2/c1-25-19-12-18(16(21)11-17(19)22)23-20(24)15-9-7-14(8-10-15)13-5-3-2-4-6-13/h2-12H,22H2,1H3,(H,23,24). The maximum absolute atomic E-state index is 12.5. The molecule has 0 spiro atoms. The van der Waals surface area contributed by atoms with Crippen molar-refractivity contribution in [2.24, 2.45) is 0 Å². The molecule has 0 saturated heterocycles. The highest BCUT2D eigenvalue weighted by Gasteiger charge is 2.12. The Kier molecular flexibility index (Phi) is 4.91. The van der Waals surface area contributed by atoms with Crippen molar-refractivity contribution in [2.75, 3.05) is 18.2 Å². The zero-order valence-electron chi connectivity index (χ0n) is 13.6. The first-order chi connectivity index (χ1) is 12.1. The van der Waals surface area contributed by atoms with Gasteiger partial charge in [0.1, 0.15) is 5.75 Å². The molecule has 1 amide bonds. The number of carbonyl (C=O) groups excluding carboxylic acids is 1. The number of nitrogens with one attached hydrogen (secondary N) is 1. The minimum Gasteiger partial charge on any atom is -0.495 e. The van der Waals surface area contributed by atoms with Crippen molar-refractivity contribution >= 4 is 28.9 Å². The van der Waals surface area contributed by atoms with Crippen LogP contribution in [0.2, 0.25) is 5.02 Å². The lowest BCUT2D eigenvalue weighted by atomic mass is 10.0. The van der Waals surface area contributed by atoms with Crippen LogP contribution in [-0.4, -0.2) is 13.0 Å². The van der Waals surface area contributed by atoms with E-state index in [0.717, 1.165) is 11.1 Å². The maximum atomic E-state index is 12.5. The molecule has 5 heteroatoms. The van der Waals surface area contributed by atoms with E-state index in [1.807, 2.05) is 42.5 Å². The summed E-state index contributed by atoms with van der Waals surface area (Å²) < 4.78 is 5.16. The number of ether oxygens (including phenoxy) is 1. The fraction of sp³-hybridized carbons (Fsp3) is 0.0500. The summed E-state index contributed by atoms with van der Waals surface area (Å²) in [6.45, 7) is 0. The Bertz CT molecular complexity index is 894. The third-order valence-electron chi connectivity index (χ3n) is 3.82. The van der Waals surface area contributed by atoms with E-state index in [4.69, 9.17) is 22.1 Å². The van der Waals surface area contributed by atoms with Gasteiger partial charge in [-0.15, -0.1) is 0 Å². The van der Waals surface area contributed by atoms with Crippen molar-refractivity contribution in [1.82, 2.24) is 0 Å². The van der Waals surface area contributed by atoms with Crippen LogP contribution in [0.3, 0.4) is 0 Å². The Morgan fingerprint density at radius 1 is 1.00 bits per heavy atom. The fourth-order valence-corrected chi connectivity index (χ4v) is 2.70. The molecule has 0 aromatic heterocycles. The highest BCUT2D eigenvalue weighted by atomic mass is 35.5. The van der Waals surface area contributed by atoms with E-state index in [0.29, 0.717) is 27.7 Å². The maximum Gasteiger partial charge on any atom is 0.255 e. The Labute approximate surface area is 151 Å². The fourth-order valence-electron chi connectivity index (χ4n) is 2.48. The largest absolute Gasteiger partial charge is 0.495 e. The highest BCUT2D eigenvalue weighted by Crippen LogP contribution is 2.32. The number of nitrogens with two attached hydrogens (primary N) is 1. The molecule has 3 aromatic rings. The minimum absolute atomic E-state index is 0.256. The van der Waals surface area contributed by atoms with Crippen LogP contribution < -0.4 is 15.8 Å². The van der Waals surface area contributed by atoms with Crippen molar-refractivity contribution in [3.63, 3.8) is 0 Å². The summed E-state index contributed by atoms with van der Waals surface area (Å²) in [7, 11) is 1.51. The number of hydrogen-bond acceptors (Lipinski definition) is 3. The lowest BCUT2D eigenvalue weighted by Crippen LogP contribution is -2.12. The van der Waals surface area contributed by atoms with Crippen LogP contribution >= 0.6 is 11.6 Å². The number of rotatable bonds is 4. The van der Waals surface area contributed by atoms with E-state index in [9.17, 15) is 4.79 Å². The Balaban J connectivity index is 1.80. The molecule has 3 aromatic carbocycles. The Hall–Kier alpha value is -2.98. The summed E-state index contributed by atoms with van der Waals surface area (Å²) in [6, 6.07) is 20.5. The van der Waals surface area contributed by atoms with Gasteiger partial charge in [-0.05, 0) is 29.3 Å². The highest BCUT2D eigenvalue weighted by molar-refractivity contribution is 6.34. The first kappa shape index (κ1) is 16.9. The number of halogens is 1. The zero-order valence-corrected chi connectivity index (χ0v) is 14.4. The number of anilines is 2. The molecule has 0 saturated carbocycles. The van der Waals surface area contributed by atoms with Crippen LogP contribution in [0.5, 0.6) is 5.75 Å². The first-order valence-corrected chi connectivity index (χ1v) is 8.06. The predicted octanol–water partition coefficient (Wildman–Crippen LogP) is 4.85. The van der Waals surface area contributed by atoms with Crippen molar-refractivity contribution in [1.29, 1.82) is 0 Å². The van der Waals surface area contributed by atoms with Gasteiger partial charge in [-0.3, -0.25) is 4.79 Å². The van der Waals surface area contributed by atoms with E-state index in [2.05, 4.69) is 5.32 Å². The molecule has 0 fully saturated rings. The Morgan fingerprint density at radius 3 is 2.28 bits per heavy atom. The van der Waals surface area contributed by atoms with Gasteiger partial charge in [0, 0.05) is 11.6 Å². The number of nitrogen functional groups attached to an aromatic ring is 1. The molecule has 0 radical (unpaired) electrons. The van der Waals surface area contributed by atoms with Gasteiger partial charge in [-0.2, -0.15) is 0 Å². The molecular formula is C20H17ClN2O2. The lowest BCUT2D eigenvalue weighted by Gasteiger charge is -2.11. The third-order valence-corrected chi connectivity index (χ3v) is 4.13. The molecule has 4 nitrogen and oxygen atoms in total. The van der Waals surface area contributed by atoms with Crippen LogP contribution in [0, 0.1) is 0 Å². The molecule has 0 aliphatic carbocycles. The Morgan fingerprint density at radius 2 is 1.64 bits per heavy atom. The zero-order chi connectivity index (χ0) is 17.8. The third kappa shape index (κ3) is 3.75. The first-order valence-electron chi connectivity index (χ1n) is 7.68. The molecule has 3 N–H and O–H groups in total. The smallest absolute Gasteiger partial charge is 0.255 e. The summed E-state index contributed by atoms with van der Waals surface area (Å²) in [6.07, 6.45) is 0. The summed E-state index contributed by atoms with van der Waals surface area (Å²) in [5.74, 6) is 0.201. The van der Waals surface area contributed by atoms with Crippen LogP contribution in [0.1, 0.15) is 10.4 Å². The molecule has 126 valence electrons. The van der Waals surface area contributed by atoms with Gasteiger partial charge >= 0.3 is 0 Å². The normalized spacial score (nSPS) is 10.3. The van der Waals surface area contributed by atoms with Crippen molar-refractivity contribution in [3.8, 4) is 16.9 Å². The van der Waals surface area contributed by atoms with E-state index >= 15 is 0 Å². The SMILES string of the molecule is COc1cc(NC(=O)c2ccc(-c3ccccc3)cc2)c(Cl)cc1N. The summed E-state index contributed by atoms with van der Waals surface area (Å²) in [4.78, 5) is 12.5. The second kappa shape index (κ2) is 7.28. The van der Waals surface area contributed by atoms with Crippen LogP contribution in [0.25, 0.3) is 11.1 Å².